The van der Waals surface area contributed by atoms with Crippen molar-refractivity contribution in [2.24, 2.45) is 17.2 Å². The molecule has 0 aromatic heterocycles. The summed E-state index contributed by atoms with van der Waals surface area (Å²) >= 11 is 0. The summed E-state index contributed by atoms with van der Waals surface area (Å²) < 4.78 is 0. The molecule has 0 aromatic carbocycles. The van der Waals surface area contributed by atoms with Gasteiger partial charge in [0.1, 0.15) is 0 Å². The Bertz CT molecular complexity index is 104. The van der Waals surface area contributed by atoms with Crippen LogP contribution in [0, 0.1) is 0 Å². The highest BCUT2D eigenvalue weighted by Gasteiger charge is 1.93. The van der Waals surface area contributed by atoms with E-state index in [2.05, 4.69) is 4.99 Å². The average molecular weight is 145 g/mol. The molecule has 0 radical (unpaired) electrons. The summed E-state index contributed by atoms with van der Waals surface area (Å²) in [5, 5.41) is 0. The molecular weight excluding hydrogens is 128 g/mol. The largest absolute Gasteiger partial charge is 0.338 e. The third-order valence-corrected chi connectivity index (χ3v) is 1.17. The summed E-state index contributed by atoms with van der Waals surface area (Å²) in [4.78, 5) is 2.82. The number of guanidine groups is 1. The van der Waals surface area contributed by atoms with Crippen molar-refractivity contribution in [3.05, 3.63) is 0 Å². The van der Waals surface area contributed by atoms with Gasteiger partial charge in [-0.15, -0.1) is 0 Å². The van der Waals surface area contributed by atoms with Gasteiger partial charge in [-0.05, 0) is 19.8 Å². The van der Waals surface area contributed by atoms with Gasteiger partial charge < -0.3 is 5.73 Å². The van der Waals surface area contributed by atoms with Crippen molar-refractivity contribution >= 4 is 5.96 Å². The molecule has 1 atom stereocenters. The predicted molar refractivity (Wildman–Crippen MR) is 42.1 cm³/mol. The van der Waals surface area contributed by atoms with E-state index in [1.165, 1.54) is 0 Å². The molecule has 0 amide bonds. The summed E-state index contributed by atoms with van der Waals surface area (Å²) in [6.45, 7) is 2.79. The van der Waals surface area contributed by atoms with Crippen LogP contribution in [0.25, 0.3) is 0 Å². The van der Waals surface area contributed by atoms with E-state index in [9.17, 15) is 0 Å². The molecule has 0 rings (SSSR count). The maximum atomic E-state index is 5.51. The fraction of sp³-hybridized carbons (Fsp3) is 0.833. The second-order valence-electron chi connectivity index (χ2n) is 2.50. The summed E-state index contributed by atoms with van der Waals surface area (Å²) in [7, 11) is 0. The number of hydrogen-bond acceptors (Lipinski definition) is 1. The summed E-state index contributed by atoms with van der Waals surface area (Å²) in [6, 6.07) is 0.265. The third-order valence-electron chi connectivity index (χ3n) is 1.17. The summed E-state index contributed by atoms with van der Waals surface area (Å²) in [5.41, 5.74) is 15.8. The predicted octanol–water partition coefficient (Wildman–Crippen LogP) is -2.53. The first kappa shape index (κ1) is 9.23. The number of nitrogens with two attached hydrogens (primary N) is 3. The van der Waals surface area contributed by atoms with Crippen molar-refractivity contribution in [3.8, 4) is 0 Å². The zero-order valence-electron chi connectivity index (χ0n) is 6.43. The first-order valence-corrected chi connectivity index (χ1v) is 3.50. The van der Waals surface area contributed by atoms with Crippen molar-refractivity contribution < 1.29 is 4.99 Å². The van der Waals surface area contributed by atoms with Gasteiger partial charge in [0.15, 0.2) is 0 Å². The molecule has 10 heavy (non-hydrogen) atoms. The molecule has 0 aliphatic rings. The van der Waals surface area contributed by atoms with Crippen LogP contribution in [0.2, 0.25) is 0 Å². The second kappa shape index (κ2) is 5.05. The van der Waals surface area contributed by atoms with Crippen LogP contribution >= 0.6 is 0 Å². The van der Waals surface area contributed by atoms with E-state index in [4.69, 9.17) is 17.2 Å². The fourth-order valence-corrected chi connectivity index (χ4v) is 0.657. The van der Waals surface area contributed by atoms with Gasteiger partial charge in [-0.2, -0.15) is 0 Å². The average Bonchev–Trinajstić information content (AvgIpc) is 1.79. The lowest BCUT2D eigenvalue weighted by atomic mass is 10.2. The van der Waals surface area contributed by atoms with Gasteiger partial charge in [0.2, 0.25) is 0 Å². The van der Waals surface area contributed by atoms with Crippen molar-refractivity contribution in [1.29, 1.82) is 0 Å². The Morgan fingerprint density at radius 3 is 2.50 bits per heavy atom. The zero-order valence-corrected chi connectivity index (χ0v) is 6.43. The Kier molecular flexibility index (Phi) is 4.66. The van der Waals surface area contributed by atoms with E-state index < -0.39 is 0 Å². The lowest BCUT2D eigenvalue weighted by Gasteiger charge is -2.00. The molecule has 0 heterocycles. The van der Waals surface area contributed by atoms with E-state index in [1.54, 1.807) is 0 Å². The minimum absolute atomic E-state index is 0.265. The molecule has 7 N–H and O–H groups in total. The molecular formula is C6H17N4+. The van der Waals surface area contributed by atoms with Crippen molar-refractivity contribution in [2.75, 3.05) is 6.54 Å². The minimum atomic E-state index is 0.265. The Morgan fingerprint density at radius 2 is 2.10 bits per heavy atom. The van der Waals surface area contributed by atoms with Gasteiger partial charge in [0.05, 0.1) is 6.54 Å². The van der Waals surface area contributed by atoms with Crippen LogP contribution in [-0.4, -0.2) is 18.5 Å². The van der Waals surface area contributed by atoms with Gasteiger partial charge in [-0.3, -0.25) is 16.5 Å². The van der Waals surface area contributed by atoms with Crippen LogP contribution in [0.4, 0.5) is 0 Å². The molecule has 0 fully saturated rings. The van der Waals surface area contributed by atoms with Crippen LogP contribution in [0.1, 0.15) is 19.8 Å². The quantitative estimate of drug-likeness (QED) is 0.200. The molecule has 0 spiro atoms. The number of nitrogens with one attached hydrogen (secondary N) is 1. The van der Waals surface area contributed by atoms with Crippen molar-refractivity contribution in [3.63, 3.8) is 0 Å². The van der Waals surface area contributed by atoms with Gasteiger partial charge in [0, 0.05) is 6.04 Å². The van der Waals surface area contributed by atoms with Gasteiger partial charge >= 0.3 is 5.96 Å². The van der Waals surface area contributed by atoms with E-state index >= 15 is 0 Å². The molecule has 0 saturated heterocycles. The standard InChI is InChI=1S/C6H16N4/c1-5(7)3-2-4-10-6(8)9/h5H,2-4,7H2,1H3,(H4,8,9,10)/p+1. The van der Waals surface area contributed by atoms with Crippen LogP contribution < -0.4 is 22.2 Å². The van der Waals surface area contributed by atoms with Crippen LogP contribution in [-0.2, 0) is 0 Å². The molecule has 60 valence electrons. The van der Waals surface area contributed by atoms with Gasteiger partial charge in [-0.25, -0.2) is 0 Å². The highest BCUT2D eigenvalue weighted by molar-refractivity contribution is 5.69. The van der Waals surface area contributed by atoms with Crippen LogP contribution in [0.15, 0.2) is 0 Å². The zero-order chi connectivity index (χ0) is 7.98. The van der Waals surface area contributed by atoms with Crippen LogP contribution in [0.5, 0.6) is 0 Å². The molecule has 0 bridgehead atoms. The molecule has 0 aliphatic heterocycles. The van der Waals surface area contributed by atoms with Gasteiger partial charge in [0.25, 0.3) is 0 Å². The molecule has 1 unspecified atom stereocenters. The molecule has 4 nitrogen and oxygen atoms in total. The first-order valence-electron chi connectivity index (χ1n) is 3.50. The molecule has 4 heteroatoms. The highest BCUT2D eigenvalue weighted by atomic mass is 15.0. The van der Waals surface area contributed by atoms with Gasteiger partial charge in [-0.1, -0.05) is 0 Å². The third kappa shape index (κ3) is 7.23. The Morgan fingerprint density at radius 1 is 1.50 bits per heavy atom. The maximum Gasteiger partial charge on any atom is 0.338 e. The van der Waals surface area contributed by atoms with Crippen molar-refractivity contribution in [1.82, 2.24) is 0 Å². The Hall–Kier alpha value is -0.770. The Balaban J connectivity index is 3.13. The lowest BCUT2D eigenvalue weighted by molar-refractivity contribution is -0.459. The van der Waals surface area contributed by atoms with E-state index in [-0.39, 0.29) is 12.0 Å². The Labute approximate surface area is 61.5 Å². The summed E-state index contributed by atoms with van der Waals surface area (Å²) in [6.07, 6.45) is 2.01. The minimum Gasteiger partial charge on any atom is -0.328 e. The fourth-order valence-electron chi connectivity index (χ4n) is 0.657. The van der Waals surface area contributed by atoms with E-state index in [0.717, 1.165) is 19.4 Å². The highest BCUT2D eigenvalue weighted by Crippen LogP contribution is 1.87. The monoisotopic (exact) mass is 145 g/mol. The number of rotatable bonds is 4. The summed E-state index contributed by atoms with van der Waals surface area (Å²) in [5.74, 6) is 0.282. The molecule has 0 aliphatic carbocycles. The topological polar surface area (TPSA) is 92.0 Å². The van der Waals surface area contributed by atoms with E-state index in [1.807, 2.05) is 6.92 Å². The van der Waals surface area contributed by atoms with E-state index in [0.29, 0.717) is 0 Å². The first-order chi connectivity index (χ1) is 4.63. The lowest BCUT2D eigenvalue weighted by Crippen LogP contribution is -2.78. The normalized spacial score (nSPS) is 12.6. The maximum absolute atomic E-state index is 5.51. The number of hydrogen-bond donors (Lipinski definition) is 4. The molecule has 0 aromatic rings. The van der Waals surface area contributed by atoms with Crippen molar-refractivity contribution in [2.45, 2.75) is 25.8 Å². The molecule has 0 saturated carbocycles. The smallest absolute Gasteiger partial charge is 0.328 e. The van der Waals surface area contributed by atoms with Crippen LogP contribution in [0.3, 0.4) is 0 Å². The SMILES string of the molecule is CC(N)CCC[NH+]=C(N)N. The second-order valence-corrected chi connectivity index (χ2v) is 2.50.